The fourth-order valence-electron chi connectivity index (χ4n) is 10.3. The highest BCUT2D eigenvalue weighted by Crippen LogP contribution is 2.68. The average molecular weight is 515 g/mol. The number of aliphatic hydroxyl groups is 1. The molecule has 3 nitrogen and oxygen atoms in total. The summed E-state index contributed by atoms with van der Waals surface area (Å²) in [6.45, 7) is 16.4. The van der Waals surface area contributed by atoms with Crippen molar-refractivity contribution >= 4 is 5.97 Å². The Morgan fingerprint density at radius 1 is 0.946 bits per heavy atom. The lowest BCUT2D eigenvalue weighted by Gasteiger charge is -2.61. The van der Waals surface area contributed by atoms with Crippen LogP contribution in [-0.4, -0.2) is 24.3 Å². The zero-order valence-corrected chi connectivity index (χ0v) is 24.9. The molecule has 212 valence electrons. The Labute approximate surface area is 228 Å². The molecule has 4 aliphatic carbocycles. The Bertz CT molecular complexity index is 788. The first-order valence-electron chi connectivity index (χ1n) is 16.1. The first-order valence-corrected chi connectivity index (χ1v) is 16.1. The minimum Gasteiger partial charge on any atom is -0.462 e. The molecule has 1 N–H and O–H groups in total. The van der Waals surface area contributed by atoms with Crippen LogP contribution >= 0.6 is 0 Å². The minimum atomic E-state index is -0.444. The maximum absolute atomic E-state index is 11.7. The van der Waals surface area contributed by atoms with Crippen LogP contribution in [0.3, 0.4) is 0 Å². The molecule has 0 spiro atoms. The highest BCUT2D eigenvalue weighted by molar-refractivity contribution is 5.87. The van der Waals surface area contributed by atoms with Gasteiger partial charge >= 0.3 is 5.97 Å². The predicted octanol–water partition coefficient (Wildman–Crippen LogP) is 8.60. The highest BCUT2D eigenvalue weighted by atomic mass is 16.5. The summed E-state index contributed by atoms with van der Waals surface area (Å²) >= 11 is 0. The molecule has 3 heteroatoms. The molecule has 4 fully saturated rings. The highest BCUT2D eigenvalue weighted by Gasteiger charge is 2.60. The van der Waals surface area contributed by atoms with Crippen molar-refractivity contribution in [2.24, 2.45) is 58.2 Å². The number of aliphatic hydroxyl groups excluding tert-OH is 1. The summed E-state index contributed by atoms with van der Waals surface area (Å²) in [6, 6.07) is 0. The maximum Gasteiger partial charge on any atom is 0.335 e. The van der Waals surface area contributed by atoms with Crippen LogP contribution in [0.2, 0.25) is 0 Å². The molecule has 0 aliphatic heterocycles. The molecule has 4 aliphatic rings. The first kappa shape index (κ1) is 29.2. The standard InChI is InChI=1S/C34H58O3/c1-23(2)9-7-10-24(3)29-14-15-30-28-13-12-27-21-26(11-8-20-37-32(36)25(4)22-35)16-18-33(27,5)31(28)17-19-34(29,30)6/h23-24,26-31,35H,4,7-22H2,1-3,5-6H3/t24-,26+,27+,28+,29-,30+,31+,33+,34-/m1/s1. The number of rotatable bonds is 11. The molecule has 0 bridgehead atoms. The van der Waals surface area contributed by atoms with Gasteiger partial charge in [0.05, 0.1) is 18.8 Å². The van der Waals surface area contributed by atoms with Gasteiger partial charge in [-0.15, -0.1) is 0 Å². The van der Waals surface area contributed by atoms with E-state index in [0.717, 1.165) is 60.2 Å². The van der Waals surface area contributed by atoms with E-state index in [1.807, 2.05) is 0 Å². The van der Waals surface area contributed by atoms with Gasteiger partial charge in [-0.05, 0) is 129 Å². The van der Waals surface area contributed by atoms with Crippen LogP contribution in [0, 0.1) is 58.2 Å². The summed E-state index contributed by atoms with van der Waals surface area (Å²) < 4.78 is 5.29. The monoisotopic (exact) mass is 514 g/mol. The fourth-order valence-corrected chi connectivity index (χ4v) is 10.3. The molecule has 0 amide bonds. The van der Waals surface area contributed by atoms with E-state index >= 15 is 0 Å². The third kappa shape index (κ3) is 6.02. The molecule has 0 unspecified atom stereocenters. The number of hydrogen-bond donors (Lipinski definition) is 1. The summed E-state index contributed by atoms with van der Waals surface area (Å²) in [5, 5.41) is 9.03. The molecule has 0 aromatic rings. The molecule has 0 saturated heterocycles. The normalized spacial score (nSPS) is 40.0. The molecule has 37 heavy (non-hydrogen) atoms. The summed E-state index contributed by atoms with van der Waals surface area (Å²) in [5.41, 5.74) is 1.30. The van der Waals surface area contributed by atoms with E-state index in [1.54, 1.807) is 0 Å². The molecule has 4 saturated carbocycles. The molecule has 9 atom stereocenters. The Morgan fingerprint density at radius 2 is 1.68 bits per heavy atom. The second-order valence-electron chi connectivity index (χ2n) is 14.9. The quantitative estimate of drug-likeness (QED) is 0.171. The van der Waals surface area contributed by atoms with Gasteiger partial charge in [0.1, 0.15) is 0 Å². The van der Waals surface area contributed by atoms with Gasteiger partial charge in [0.25, 0.3) is 0 Å². The summed E-state index contributed by atoms with van der Waals surface area (Å²) in [4.78, 5) is 11.7. The Balaban J connectivity index is 1.30. The first-order chi connectivity index (χ1) is 17.6. The van der Waals surface area contributed by atoms with Gasteiger partial charge < -0.3 is 9.84 Å². The van der Waals surface area contributed by atoms with Crippen LogP contribution in [0.15, 0.2) is 12.2 Å². The van der Waals surface area contributed by atoms with Crippen molar-refractivity contribution in [2.45, 2.75) is 125 Å². The van der Waals surface area contributed by atoms with Crippen LogP contribution in [0.1, 0.15) is 125 Å². The van der Waals surface area contributed by atoms with E-state index in [-0.39, 0.29) is 12.2 Å². The second-order valence-corrected chi connectivity index (χ2v) is 14.9. The Morgan fingerprint density at radius 3 is 2.41 bits per heavy atom. The lowest BCUT2D eigenvalue weighted by atomic mass is 9.44. The second kappa shape index (κ2) is 12.1. The molecular formula is C34H58O3. The van der Waals surface area contributed by atoms with Crippen LogP contribution in [0.5, 0.6) is 0 Å². The zero-order chi connectivity index (χ0) is 26.8. The lowest BCUT2D eigenvalue weighted by Crippen LogP contribution is -2.53. The minimum absolute atomic E-state index is 0.156. The molecular weight excluding hydrogens is 456 g/mol. The number of hydrogen-bond acceptors (Lipinski definition) is 3. The van der Waals surface area contributed by atoms with Gasteiger partial charge in [0.15, 0.2) is 0 Å². The molecule has 4 rings (SSSR count). The maximum atomic E-state index is 11.7. The smallest absolute Gasteiger partial charge is 0.335 e. The molecule has 0 aromatic heterocycles. The SMILES string of the molecule is C=C(CO)C(=O)OCCC[C@H]1CC[C@@]2(C)[C@@H](CC[C@@H]3[C@@H]2CC[C@]2(C)[C@@H]([C@H](C)CCCC(C)C)CC[C@@H]32)C1. The number of carbonyl (C=O) groups excluding carboxylic acids is 1. The van der Waals surface area contributed by atoms with Gasteiger partial charge in [0.2, 0.25) is 0 Å². The largest absolute Gasteiger partial charge is 0.462 e. The summed E-state index contributed by atoms with van der Waals surface area (Å²) in [6.07, 6.45) is 19.4. The van der Waals surface area contributed by atoms with Crippen molar-refractivity contribution in [1.82, 2.24) is 0 Å². The molecule has 0 aromatic carbocycles. The van der Waals surface area contributed by atoms with Gasteiger partial charge in [-0.3, -0.25) is 0 Å². The number of fused-ring (bicyclic) bond motifs is 5. The van der Waals surface area contributed by atoms with E-state index < -0.39 is 5.97 Å². The van der Waals surface area contributed by atoms with Crippen molar-refractivity contribution in [2.75, 3.05) is 13.2 Å². The Hall–Kier alpha value is -0.830. The van der Waals surface area contributed by atoms with Crippen molar-refractivity contribution < 1.29 is 14.6 Å². The van der Waals surface area contributed by atoms with Crippen molar-refractivity contribution in [3.8, 4) is 0 Å². The average Bonchev–Trinajstić information content (AvgIpc) is 3.23. The number of esters is 1. The Kier molecular flexibility index (Phi) is 9.56. The van der Waals surface area contributed by atoms with Crippen molar-refractivity contribution in [3.05, 3.63) is 12.2 Å². The van der Waals surface area contributed by atoms with Crippen molar-refractivity contribution in [3.63, 3.8) is 0 Å². The third-order valence-electron chi connectivity index (χ3n) is 12.4. The molecule has 0 radical (unpaired) electrons. The summed E-state index contributed by atoms with van der Waals surface area (Å²) in [7, 11) is 0. The predicted molar refractivity (Wildman–Crippen MR) is 153 cm³/mol. The van der Waals surface area contributed by atoms with Crippen LogP contribution in [0.25, 0.3) is 0 Å². The van der Waals surface area contributed by atoms with Crippen molar-refractivity contribution in [1.29, 1.82) is 0 Å². The van der Waals surface area contributed by atoms with Crippen LogP contribution in [0.4, 0.5) is 0 Å². The van der Waals surface area contributed by atoms with E-state index in [1.165, 1.54) is 77.0 Å². The van der Waals surface area contributed by atoms with Crippen LogP contribution < -0.4 is 0 Å². The van der Waals surface area contributed by atoms with Crippen LogP contribution in [-0.2, 0) is 9.53 Å². The third-order valence-corrected chi connectivity index (χ3v) is 12.4. The number of carbonyl (C=O) groups is 1. The fraction of sp³-hybridized carbons (Fsp3) is 0.912. The zero-order valence-electron chi connectivity index (χ0n) is 24.9. The number of ether oxygens (including phenoxy) is 1. The topological polar surface area (TPSA) is 46.5 Å². The van der Waals surface area contributed by atoms with E-state index in [4.69, 9.17) is 9.84 Å². The van der Waals surface area contributed by atoms with Gasteiger partial charge in [-0.2, -0.15) is 0 Å². The van der Waals surface area contributed by atoms with Gasteiger partial charge in [0, 0.05) is 0 Å². The molecule has 0 heterocycles. The van der Waals surface area contributed by atoms with E-state index in [2.05, 4.69) is 41.2 Å². The van der Waals surface area contributed by atoms with E-state index in [0.29, 0.717) is 17.4 Å². The van der Waals surface area contributed by atoms with E-state index in [9.17, 15) is 4.79 Å². The van der Waals surface area contributed by atoms with Gasteiger partial charge in [-0.25, -0.2) is 4.79 Å². The summed E-state index contributed by atoms with van der Waals surface area (Å²) in [5.74, 6) is 6.82. The lowest BCUT2D eigenvalue weighted by molar-refractivity contribution is -0.139. The van der Waals surface area contributed by atoms with Gasteiger partial charge in [-0.1, -0.05) is 60.5 Å².